The molecule has 1 aromatic carbocycles. The highest BCUT2D eigenvalue weighted by molar-refractivity contribution is 5.88. The van der Waals surface area contributed by atoms with Crippen LogP contribution in [0.2, 0.25) is 0 Å². The number of hydrogen-bond donors (Lipinski definition) is 3. The summed E-state index contributed by atoms with van der Waals surface area (Å²) in [5, 5.41) is 10.1. The van der Waals surface area contributed by atoms with Crippen molar-refractivity contribution in [2.45, 2.75) is 76.8 Å². The van der Waals surface area contributed by atoms with Crippen LogP contribution in [0.15, 0.2) is 36.4 Å². The summed E-state index contributed by atoms with van der Waals surface area (Å²) in [6.45, 7) is 2.99. The van der Waals surface area contributed by atoms with Gasteiger partial charge >= 0.3 is 12.1 Å². The normalized spacial score (nSPS) is 18.0. The van der Waals surface area contributed by atoms with Crippen molar-refractivity contribution in [2.24, 2.45) is 11.7 Å². The highest BCUT2D eigenvalue weighted by Gasteiger charge is 2.38. The third-order valence-electron chi connectivity index (χ3n) is 5.92. The quantitative estimate of drug-likeness (QED) is 0.536. The molecule has 0 bridgehead atoms. The first kappa shape index (κ1) is 27.4. The zero-order chi connectivity index (χ0) is 25.3. The Hall–Kier alpha value is -2.88. The summed E-state index contributed by atoms with van der Waals surface area (Å²) in [7, 11) is 0. The predicted octanol–water partition coefficient (Wildman–Crippen LogP) is 3.52. The average molecular weight is 484 g/mol. The number of carbonyl (C=O) groups is 3. The van der Waals surface area contributed by atoms with Crippen molar-refractivity contribution in [2.75, 3.05) is 0 Å². The van der Waals surface area contributed by atoms with E-state index < -0.39 is 18.2 Å². The minimum absolute atomic E-state index is 0.00473. The molecule has 10 heteroatoms. The average Bonchev–Trinajstić information content (AvgIpc) is 3.22. The van der Waals surface area contributed by atoms with Crippen molar-refractivity contribution in [1.82, 2.24) is 10.2 Å². The number of nitrogens with zero attached hydrogens (tertiary/aromatic N) is 1. The van der Waals surface area contributed by atoms with Crippen molar-refractivity contribution < 1.29 is 32.7 Å². The fourth-order valence-electron chi connectivity index (χ4n) is 4.07. The number of aliphatic carboxylic acids is 1. The van der Waals surface area contributed by atoms with E-state index in [0.717, 1.165) is 6.42 Å². The number of nitrogens with one attached hydrogen (secondary N) is 1. The van der Waals surface area contributed by atoms with Gasteiger partial charge in [0.15, 0.2) is 0 Å². The van der Waals surface area contributed by atoms with Gasteiger partial charge in [-0.3, -0.25) is 9.59 Å². The van der Waals surface area contributed by atoms with Gasteiger partial charge in [0.1, 0.15) is 0 Å². The molecule has 0 radical (unpaired) electrons. The van der Waals surface area contributed by atoms with E-state index in [2.05, 4.69) is 17.4 Å². The Bertz CT molecular complexity index is 855. The number of halogens is 3. The van der Waals surface area contributed by atoms with Crippen LogP contribution in [0.1, 0.15) is 56.6 Å². The van der Waals surface area contributed by atoms with Crippen molar-refractivity contribution in [1.29, 1.82) is 0 Å². The molecule has 188 valence electrons. The Morgan fingerprint density at radius 1 is 1.15 bits per heavy atom. The Morgan fingerprint density at radius 3 is 2.15 bits per heavy atom. The number of nitrogens with two attached hydrogens (primary N) is 1. The minimum Gasteiger partial charge on any atom is -0.475 e. The van der Waals surface area contributed by atoms with E-state index in [1.165, 1.54) is 43.2 Å². The van der Waals surface area contributed by atoms with Crippen molar-refractivity contribution >= 4 is 17.8 Å². The molecule has 2 atom stereocenters. The number of hydrogen-bond acceptors (Lipinski definition) is 4. The van der Waals surface area contributed by atoms with E-state index in [1.54, 1.807) is 13.0 Å². The lowest BCUT2D eigenvalue weighted by atomic mass is 9.84. The summed E-state index contributed by atoms with van der Waals surface area (Å²) in [5.74, 6) is -2.32. The molecule has 1 fully saturated rings. The van der Waals surface area contributed by atoms with Gasteiger partial charge in [-0.2, -0.15) is 13.2 Å². The van der Waals surface area contributed by atoms with Gasteiger partial charge in [0.05, 0.1) is 6.04 Å². The molecular weight excluding hydrogens is 451 g/mol. The minimum atomic E-state index is -5.08. The lowest BCUT2D eigenvalue weighted by Gasteiger charge is -2.26. The third-order valence-corrected chi connectivity index (χ3v) is 5.92. The van der Waals surface area contributed by atoms with Crippen LogP contribution >= 0.6 is 0 Å². The van der Waals surface area contributed by atoms with E-state index in [9.17, 15) is 22.8 Å². The number of alkyl halides is 3. The van der Waals surface area contributed by atoms with Gasteiger partial charge in [-0.05, 0) is 30.4 Å². The fourth-order valence-corrected chi connectivity index (χ4v) is 4.07. The van der Waals surface area contributed by atoms with E-state index in [0.29, 0.717) is 19.0 Å². The number of rotatable bonds is 6. The second kappa shape index (κ2) is 12.5. The van der Waals surface area contributed by atoms with Gasteiger partial charge in [0, 0.05) is 25.2 Å². The van der Waals surface area contributed by atoms with E-state index in [4.69, 9.17) is 15.6 Å². The molecule has 1 aliphatic heterocycles. The highest BCUT2D eigenvalue weighted by atomic mass is 19.4. The molecule has 2 amide bonds. The lowest BCUT2D eigenvalue weighted by Crippen LogP contribution is -2.44. The van der Waals surface area contributed by atoms with Crippen LogP contribution < -0.4 is 11.1 Å². The van der Waals surface area contributed by atoms with Crippen molar-refractivity contribution in [3.8, 4) is 0 Å². The molecule has 1 aromatic rings. The van der Waals surface area contributed by atoms with Crippen molar-refractivity contribution in [3.05, 3.63) is 47.5 Å². The maximum Gasteiger partial charge on any atom is 0.490 e. The van der Waals surface area contributed by atoms with Crippen LogP contribution in [0, 0.1) is 5.92 Å². The molecule has 34 heavy (non-hydrogen) atoms. The summed E-state index contributed by atoms with van der Waals surface area (Å²) in [6.07, 6.45) is 5.50. The predicted molar refractivity (Wildman–Crippen MR) is 120 cm³/mol. The van der Waals surface area contributed by atoms with Gasteiger partial charge in [-0.1, -0.05) is 62.4 Å². The topological polar surface area (TPSA) is 113 Å². The highest BCUT2D eigenvalue weighted by Crippen LogP contribution is 2.28. The maximum absolute atomic E-state index is 12.6. The van der Waals surface area contributed by atoms with Gasteiger partial charge in [-0.15, -0.1) is 0 Å². The molecule has 4 N–H and O–H groups in total. The smallest absolute Gasteiger partial charge is 0.475 e. The first-order valence-corrected chi connectivity index (χ1v) is 11.4. The SMILES string of the molecule is C[C@H](N)C(=O)N[C@H](/C=C/C(=O)N1Cc2ccccc2C1)CC1CCCCC1.O=C(O)C(F)(F)F. The number of amides is 2. The number of carboxylic acids is 1. The van der Waals surface area contributed by atoms with Crippen LogP contribution in [-0.2, 0) is 27.5 Å². The van der Waals surface area contributed by atoms with Crippen LogP contribution in [0.25, 0.3) is 0 Å². The molecule has 3 rings (SSSR count). The largest absolute Gasteiger partial charge is 0.490 e. The summed E-state index contributed by atoms with van der Waals surface area (Å²) < 4.78 is 31.7. The Kier molecular flexibility index (Phi) is 10.1. The van der Waals surface area contributed by atoms with E-state index in [-0.39, 0.29) is 17.9 Å². The lowest BCUT2D eigenvalue weighted by molar-refractivity contribution is -0.192. The standard InChI is InChI=1S/C22H31N3O2.C2HF3O2/c1-16(23)22(27)24-20(13-17-7-3-2-4-8-17)11-12-21(26)25-14-18-9-5-6-10-19(18)15-25;3-2(4,5)1(6)7/h5-6,9-12,16-17,20H,2-4,7-8,13-15,23H2,1H3,(H,24,27);(H,6,7)/b12-11+;/t16-,20+;/m0./s1. The first-order chi connectivity index (χ1) is 16.0. The first-order valence-electron chi connectivity index (χ1n) is 11.4. The maximum atomic E-state index is 12.6. The number of benzene rings is 1. The molecule has 7 nitrogen and oxygen atoms in total. The third kappa shape index (κ3) is 8.81. The number of carbonyl (C=O) groups excluding carboxylic acids is 2. The second-order valence-corrected chi connectivity index (χ2v) is 8.77. The second-order valence-electron chi connectivity index (χ2n) is 8.77. The van der Waals surface area contributed by atoms with Crippen LogP contribution in [-0.4, -0.2) is 46.1 Å². The summed E-state index contributed by atoms with van der Waals surface area (Å²) in [4.78, 5) is 35.4. The summed E-state index contributed by atoms with van der Waals surface area (Å²) in [6, 6.07) is 7.47. The molecular formula is C24H32F3N3O4. The Morgan fingerprint density at radius 2 is 1.68 bits per heavy atom. The van der Waals surface area contributed by atoms with E-state index >= 15 is 0 Å². The van der Waals surface area contributed by atoms with Gasteiger partial charge < -0.3 is 21.1 Å². The van der Waals surface area contributed by atoms with Gasteiger partial charge in [0.2, 0.25) is 11.8 Å². The molecule has 0 unspecified atom stereocenters. The summed E-state index contributed by atoms with van der Waals surface area (Å²) in [5.41, 5.74) is 8.13. The molecule has 1 heterocycles. The molecule has 1 aliphatic carbocycles. The summed E-state index contributed by atoms with van der Waals surface area (Å²) >= 11 is 0. The van der Waals surface area contributed by atoms with Crippen molar-refractivity contribution in [3.63, 3.8) is 0 Å². The van der Waals surface area contributed by atoms with Gasteiger partial charge in [-0.25, -0.2) is 4.79 Å². The molecule has 0 aromatic heterocycles. The van der Waals surface area contributed by atoms with Crippen LogP contribution in [0.4, 0.5) is 13.2 Å². The molecule has 2 aliphatic rings. The molecule has 0 saturated heterocycles. The zero-order valence-electron chi connectivity index (χ0n) is 19.2. The molecule has 0 spiro atoms. The zero-order valence-corrected chi connectivity index (χ0v) is 19.2. The monoisotopic (exact) mass is 483 g/mol. The van der Waals surface area contributed by atoms with E-state index in [1.807, 2.05) is 23.1 Å². The number of fused-ring (bicyclic) bond motifs is 1. The Balaban J connectivity index is 0.000000509. The fraction of sp³-hybridized carbons (Fsp3) is 0.542. The molecule has 1 saturated carbocycles. The van der Waals surface area contributed by atoms with Crippen LogP contribution in [0.3, 0.4) is 0 Å². The Labute approximate surface area is 197 Å². The van der Waals surface area contributed by atoms with Gasteiger partial charge in [0.25, 0.3) is 0 Å². The number of carboxylic acid groups (broad SMARTS) is 1. The van der Waals surface area contributed by atoms with Crippen LogP contribution in [0.5, 0.6) is 0 Å².